The van der Waals surface area contributed by atoms with E-state index in [0.29, 0.717) is 0 Å². The van der Waals surface area contributed by atoms with Crippen LogP contribution in [0.15, 0.2) is 27.3 Å². The van der Waals surface area contributed by atoms with Gasteiger partial charge in [-0.3, -0.25) is 9.63 Å². The predicted molar refractivity (Wildman–Crippen MR) is 101 cm³/mol. The second-order valence-electron chi connectivity index (χ2n) is 5.28. The molecule has 1 aromatic carbocycles. The number of carbonyl (C=O) groups excluding carboxylic acids is 1. The van der Waals surface area contributed by atoms with E-state index in [1.807, 2.05) is 11.5 Å². The molecule has 28 heavy (non-hydrogen) atoms. The van der Waals surface area contributed by atoms with Gasteiger partial charge in [-0.25, -0.2) is 19.2 Å². The van der Waals surface area contributed by atoms with Gasteiger partial charge in [0.1, 0.15) is 24.6 Å². The van der Waals surface area contributed by atoms with Crippen molar-refractivity contribution in [1.82, 2.24) is 10.5 Å². The maximum Gasteiger partial charge on any atom is 0.277 e. The number of amides is 1. The fraction of sp³-hybridized carbons (Fsp3) is 0.188. The highest BCUT2D eigenvalue weighted by atomic mass is 79.9. The summed E-state index contributed by atoms with van der Waals surface area (Å²) in [5, 5.41) is 29.3. The number of nitriles is 1. The maximum atomic E-state index is 14.5. The smallest absolute Gasteiger partial charge is 0.277 e. The van der Waals surface area contributed by atoms with Gasteiger partial charge in [0.15, 0.2) is 11.6 Å². The number of hydroxylamine groups is 1. The van der Waals surface area contributed by atoms with E-state index in [0.717, 1.165) is 6.07 Å². The minimum atomic E-state index is -1.35. The van der Waals surface area contributed by atoms with E-state index in [4.69, 9.17) is 15.2 Å². The molecule has 0 spiro atoms. The summed E-state index contributed by atoms with van der Waals surface area (Å²) in [6.07, 6.45) is -0.0207. The molecule has 12 heteroatoms. The molecule has 0 unspecified atom stereocenters. The highest BCUT2D eigenvalue weighted by molar-refractivity contribution is 9.10. The molecule has 0 bridgehead atoms. The number of hydrogen-bond acceptors (Lipinski definition) is 7. The van der Waals surface area contributed by atoms with Gasteiger partial charge in [-0.2, -0.15) is 5.26 Å². The zero-order valence-corrected chi connectivity index (χ0v) is 17.0. The van der Waals surface area contributed by atoms with Crippen molar-refractivity contribution in [2.45, 2.75) is 6.10 Å². The summed E-state index contributed by atoms with van der Waals surface area (Å²) < 4.78 is 28.5. The molecule has 2 aromatic rings. The van der Waals surface area contributed by atoms with Crippen LogP contribution in [0.25, 0.3) is 0 Å². The fourth-order valence-electron chi connectivity index (χ4n) is 1.92. The highest BCUT2D eigenvalue weighted by Gasteiger charge is 2.23. The molecule has 0 saturated heterocycles. The summed E-state index contributed by atoms with van der Waals surface area (Å²) >= 11 is 5.98. The Morgan fingerprint density at radius 2 is 2.04 bits per heavy atom. The minimum Gasteiger partial charge on any atom is -0.394 e. The summed E-state index contributed by atoms with van der Waals surface area (Å²) in [6, 6.07) is 4.31. The van der Waals surface area contributed by atoms with Gasteiger partial charge in [0.2, 0.25) is 0 Å². The van der Waals surface area contributed by atoms with E-state index in [2.05, 4.69) is 42.2 Å². The molecule has 0 saturated carbocycles. The standard InChI is InChI=1S/C16H12Br2F2N4O4/c17-10-2-9(16(27)24-28-6-8(26)5-25)14(13(20)12(10)19)23-15-11(18)1-7(3-21)4-22-15/h1-2,4,8,25-26H,5-6H2,(H,22,23)(H,24,27)/t8-/m1/s1. The lowest BCUT2D eigenvalue weighted by molar-refractivity contribution is -0.0295. The molecule has 1 aromatic heterocycles. The molecule has 0 aliphatic carbocycles. The Morgan fingerprint density at radius 3 is 2.64 bits per heavy atom. The summed E-state index contributed by atoms with van der Waals surface area (Å²) in [5.74, 6) is -3.50. The Morgan fingerprint density at radius 1 is 1.32 bits per heavy atom. The van der Waals surface area contributed by atoms with E-state index in [1.165, 1.54) is 12.3 Å². The number of nitrogens with zero attached hydrogens (tertiary/aromatic N) is 2. The lowest BCUT2D eigenvalue weighted by Crippen LogP contribution is -2.30. The van der Waals surface area contributed by atoms with Gasteiger partial charge in [0, 0.05) is 6.20 Å². The lowest BCUT2D eigenvalue weighted by atomic mass is 10.1. The van der Waals surface area contributed by atoms with Gasteiger partial charge < -0.3 is 15.5 Å². The molecule has 1 heterocycles. The summed E-state index contributed by atoms with van der Waals surface area (Å²) in [4.78, 5) is 21.0. The van der Waals surface area contributed by atoms with Gasteiger partial charge in [-0.1, -0.05) is 0 Å². The molecule has 2 rings (SSSR count). The number of nitrogens with one attached hydrogen (secondary N) is 2. The Balaban J connectivity index is 2.36. The van der Waals surface area contributed by atoms with Crippen LogP contribution in [0.4, 0.5) is 20.3 Å². The molecular weight excluding hydrogens is 510 g/mol. The third kappa shape index (κ3) is 5.21. The molecule has 4 N–H and O–H groups in total. The van der Waals surface area contributed by atoms with E-state index < -0.39 is 42.5 Å². The van der Waals surface area contributed by atoms with E-state index in [1.54, 1.807) is 0 Å². The van der Waals surface area contributed by atoms with Crippen LogP contribution in [-0.2, 0) is 4.84 Å². The van der Waals surface area contributed by atoms with Gasteiger partial charge >= 0.3 is 0 Å². The number of hydrogen-bond donors (Lipinski definition) is 4. The molecule has 0 aliphatic heterocycles. The van der Waals surface area contributed by atoms with Crippen LogP contribution in [0.5, 0.6) is 0 Å². The molecular formula is C16H12Br2F2N4O4. The van der Waals surface area contributed by atoms with Crippen molar-refractivity contribution in [1.29, 1.82) is 5.26 Å². The first kappa shape index (κ1) is 22.1. The Labute approximate surface area is 174 Å². The molecule has 0 radical (unpaired) electrons. The topological polar surface area (TPSA) is 128 Å². The Bertz CT molecular complexity index is 940. The lowest BCUT2D eigenvalue weighted by Gasteiger charge is -2.15. The maximum absolute atomic E-state index is 14.5. The van der Waals surface area contributed by atoms with Crippen molar-refractivity contribution in [3.63, 3.8) is 0 Å². The summed E-state index contributed by atoms with van der Waals surface area (Å²) in [7, 11) is 0. The quantitative estimate of drug-likeness (QED) is 0.325. The molecule has 8 nitrogen and oxygen atoms in total. The fourth-order valence-corrected chi connectivity index (χ4v) is 2.77. The zero-order chi connectivity index (χ0) is 20.8. The van der Waals surface area contributed by atoms with Crippen molar-refractivity contribution in [2.24, 2.45) is 0 Å². The van der Waals surface area contributed by atoms with Gasteiger partial charge in [0.25, 0.3) is 5.91 Å². The summed E-state index contributed by atoms with van der Waals surface area (Å²) in [6.45, 7) is -1.00. The van der Waals surface area contributed by atoms with E-state index in [9.17, 15) is 18.7 Å². The second kappa shape index (κ2) is 9.85. The first-order valence-electron chi connectivity index (χ1n) is 7.49. The number of carbonyl (C=O) groups is 1. The van der Waals surface area contributed by atoms with Crippen molar-refractivity contribution in [3.8, 4) is 6.07 Å². The van der Waals surface area contributed by atoms with Crippen LogP contribution < -0.4 is 10.8 Å². The number of rotatable bonds is 7. The number of pyridine rings is 1. The van der Waals surface area contributed by atoms with Crippen molar-refractivity contribution in [2.75, 3.05) is 18.5 Å². The molecule has 1 amide bonds. The van der Waals surface area contributed by atoms with Crippen molar-refractivity contribution < 1.29 is 28.6 Å². The molecule has 0 aliphatic rings. The van der Waals surface area contributed by atoms with E-state index >= 15 is 0 Å². The summed E-state index contributed by atoms with van der Waals surface area (Å²) in [5.41, 5.74) is 1.34. The van der Waals surface area contributed by atoms with Crippen LogP contribution in [-0.4, -0.2) is 40.4 Å². The monoisotopic (exact) mass is 520 g/mol. The normalized spacial score (nSPS) is 11.6. The highest BCUT2D eigenvalue weighted by Crippen LogP contribution is 2.33. The number of aromatic nitrogens is 1. The third-order valence-electron chi connectivity index (χ3n) is 3.27. The number of halogens is 4. The van der Waals surface area contributed by atoms with Crippen LogP contribution in [0.2, 0.25) is 0 Å². The average molecular weight is 522 g/mol. The Kier molecular flexibility index (Phi) is 7.78. The first-order chi connectivity index (χ1) is 13.3. The zero-order valence-electron chi connectivity index (χ0n) is 13.8. The average Bonchev–Trinajstić information content (AvgIpc) is 2.68. The Hall–Kier alpha value is -2.17. The van der Waals surface area contributed by atoms with E-state index in [-0.39, 0.29) is 25.9 Å². The number of aliphatic hydroxyl groups is 2. The van der Waals surface area contributed by atoms with Crippen LogP contribution in [0, 0.1) is 23.0 Å². The minimum absolute atomic E-state index is 0.0327. The first-order valence-corrected chi connectivity index (χ1v) is 9.08. The van der Waals surface area contributed by atoms with Crippen molar-refractivity contribution in [3.05, 3.63) is 50.0 Å². The van der Waals surface area contributed by atoms with Crippen LogP contribution in [0.1, 0.15) is 15.9 Å². The van der Waals surface area contributed by atoms with Gasteiger partial charge in [0.05, 0.1) is 32.4 Å². The van der Waals surface area contributed by atoms with Gasteiger partial charge in [-0.15, -0.1) is 0 Å². The second-order valence-corrected chi connectivity index (χ2v) is 6.99. The molecule has 1 atom stereocenters. The predicted octanol–water partition coefficient (Wildman–Crippen LogP) is 2.51. The SMILES string of the molecule is N#Cc1cnc(Nc2c(C(=O)NOC[C@H](O)CO)cc(Br)c(F)c2F)c(Br)c1. The van der Waals surface area contributed by atoms with Crippen LogP contribution in [0.3, 0.4) is 0 Å². The number of aliphatic hydroxyl groups excluding tert-OH is 2. The van der Waals surface area contributed by atoms with Crippen LogP contribution >= 0.6 is 31.9 Å². The largest absolute Gasteiger partial charge is 0.394 e. The third-order valence-corrected chi connectivity index (χ3v) is 4.45. The molecule has 148 valence electrons. The number of benzene rings is 1. The van der Waals surface area contributed by atoms with Crippen molar-refractivity contribution >= 4 is 49.3 Å². The number of anilines is 2. The molecule has 0 fully saturated rings. The van der Waals surface area contributed by atoms with Gasteiger partial charge in [-0.05, 0) is 44.0 Å².